The van der Waals surface area contributed by atoms with Crippen molar-refractivity contribution in [2.75, 3.05) is 6.61 Å². The van der Waals surface area contributed by atoms with E-state index in [2.05, 4.69) is 12.3 Å². The molecule has 0 saturated heterocycles. The molecule has 0 amide bonds. The van der Waals surface area contributed by atoms with Crippen LogP contribution in [0, 0.1) is 0 Å². The lowest BCUT2D eigenvalue weighted by atomic mass is 10.2. The summed E-state index contributed by atoms with van der Waals surface area (Å²) in [6, 6.07) is 5.67. The first kappa shape index (κ1) is 12.3. The molecule has 0 radical (unpaired) electrons. The Morgan fingerprint density at radius 3 is 2.93 bits per heavy atom. The van der Waals surface area contributed by atoms with Gasteiger partial charge >= 0.3 is 0 Å². The van der Waals surface area contributed by atoms with Gasteiger partial charge < -0.3 is 4.74 Å². The van der Waals surface area contributed by atoms with Crippen LogP contribution in [0.5, 0.6) is 5.75 Å². The van der Waals surface area contributed by atoms with Gasteiger partial charge in [0.1, 0.15) is 5.75 Å². The molecule has 0 heterocycles. The zero-order valence-corrected chi connectivity index (χ0v) is 9.68. The van der Waals surface area contributed by atoms with E-state index < -0.39 is 0 Å². The predicted octanol–water partition coefficient (Wildman–Crippen LogP) is 2.48. The van der Waals surface area contributed by atoms with E-state index >= 15 is 0 Å². The molecule has 1 aromatic carbocycles. The second-order valence-electron chi connectivity index (χ2n) is 3.35. The van der Waals surface area contributed by atoms with Gasteiger partial charge in [-0.05, 0) is 24.1 Å². The molecule has 0 aliphatic rings. The fraction of sp³-hybridized carbons (Fsp3) is 0.455. The van der Waals surface area contributed by atoms with Gasteiger partial charge in [-0.15, -0.1) is 0 Å². The largest absolute Gasteiger partial charge is 0.492 e. The maximum atomic E-state index is 6.00. The first-order valence-electron chi connectivity index (χ1n) is 5.12. The van der Waals surface area contributed by atoms with Gasteiger partial charge in [0.15, 0.2) is 0 Å². The number of ether oxygens (including phenoxy) is 1. The maximum Gasteiger partial charge on any atom is 0.138 e. The Bertz CT molecular complexity index is 305. The Labute approximate surface area is 95.5 Å². The molecule has 1 rings (SSSR count). The average molecular weight is 229 g/mol. The third-order valence-electron chi connectivity index (χ3n) is 2.06. The molecule has 0 saturated carbocycles. The van der Waals surface area contributed by atoms with E-state index in [-0.39, 0.29) is 0 Å². The van der Waals surface area contributed by atoms with Crippen LogP contribution in [-0.4, -0.2) is 6.61 Å². The molecule has 0 fully saturated rings. The summed E-state index contributed by atoms with van der Waals surface area (Å²) >= 11 is 6.00. The fourth-order valence-corrected chi connectivity index (χ4v) is 1.38. The first-order valence-corrected chi connectivity index (χ1v) is 5.50. The highest BCUT2D eigenvalue weighted by atomic mass is 35.5. The Morgan fingerprint density at radius 1 is 1.47 bits per heavy atom. The molecule has 0 aliphatic carbocycles. The molecule has 84 valence electrons. The number of unbranched alkanes of at least 4 members (excludes halogenated alkanes) is 1. The maximum absolute atomic E-state index is 6.00. The summed E-state index contributed by atoms with van der Waals surface area (Å²) in [5.74, 6) is 5.98. The lowest BCUT2D eigenvalue weighted by Gasteiger charge is -2.09. The summed E-state index contributed by atoms with van der Waals surface area (Å²) in [6.45, 7) is 3.44. The normalized spacial score (nSPS) is 10.3. The van der Waals surface area contributed by atoms with Gasteiger partial charge in [-0.25, -0.2) is 0 Å². The number of rotatable bonds is 6. The van der Waals surface area contributed by atoms with Gasteiger partial charge in [-0.3, -0.25) is 11.3 Å². The Balaban J connectivity index is 2.63. The SMILES string of the molecule is CCCCOc1cc(CNN)ccc1Cl. The van der Waals surface area contributed by atoms with Gasteiger partial charge in [0.25, 0.3) is 0 Å². The number of hydrogen-bond donors (Lipinski definition) is 2. The second kappa shape index (κ2) is 6.67. The van der Waals surface area contributed by atoms with Crippen molar-refractivity contribution in [3.8, 4) is 5.75 Å². The Kier molecular flexibility index (Phi) is 5.47. The van der Waals surface area contributed by atoms with Crippen LogP contribution in [-0.2, 0) is 6.54 Å². The first-order chi connectivity index (χ1) is 7.27. The number of benzene rings is 1. The van der Waals surface area contributed by atoms with E-state index in [1.807, 2.05) is 18.2 Å². The predicted molar refractivity (Wildman–Crippen MR) is 62.9 cm³/mol. The molecule has 3 nitrogen and oxygen atoms in total. The molecule has 15 heavy (non-hydrogen) atoms. The van der Waals surface area contributed by atoms with E-state index in [1.54, 1.807) is 0 Å². The summed E-state index contributed by atoms with van der Waals surface area (Å²) < 4.78 is 5.56. The van der Waals surface area contributed by atoms with E-state index in [0.717, 1.165) is 24.2 Å². The van der Waals surface area contributed by atoms with Crippen molar-refractivity contribution in [2.45, 2.75) is 26.3 Å². The highest BCUT2D eigenvalue weighted by molar-refractivity contribution is 6.32. The molecule has 0 aromatic heterocycles. The standard InChI is InChI=1S/C11H17ClN2O/c1-2-3-6-15-11-7-9(8-14-13)4-5-10(11)12/h4-5,7,14H,2-3,6,8,13H2,1H3. The van der Waals surface area contributed by atoms with Crippen molar-refractivity contribution >= 4 is 11.6 Å². The number of nitrogens with two attached hydrogens (primary N) is 1. The third kappa shape index (κ3) is 4.08. The summed E-state index contributed by atoms with van der Waals surface area (Å²) in [6.07, 6.45) is 2.15. The summed E-state index contributed by atoms with van der Waals surface area (Å²) in [4.78, 5) is 0. The van der Waals surface area contributed by atoms with Crippen LogP contribution < -0.4 is 16.0 Å². The Hall–Kier alpha value is -0.770. The van der Waals surface area contributed by atoms with Crippen molar-refractivity contribution < 1.29 is 4.74 Å². The Morgan fingerprint density at radius 2 is 2.27 bits per heavy atom. The van der Waals surface area contributed by atoms with E-state index in [1.165, 1.54) is 0 Å². The number of nitrogens with one attached hydrogen (secondary N) is 1. The lowest BCUT2D eigenvalue weighted by molar-refractivity contribution is 0.309. The molecule has 4 heteroatoms. The van der Waals surface area contributed by atoms with Gasteiger partial charge in [0.05, 0.1) is 11.6 Å². The molecule has 1 aromatic rings. The fourth-order valence-electron chi connectivity index (χ4n) is 1.21. The van der Waals surface area contributed by atoms with Crippen molar-refractivity contribution in [2.24, 2.45) is 5.84 Å². The van der Waals surface area contributed by atoms with Crippen molar-refractivity contribution in [3.63, 3.8) is 0 Å². The molecule has 0 unspecified atom stereocenters. The van der Waals surface area contributed by atoms with Crippen molar-refractivity contribution in [3.05, 3.63) is 28.8 Å². The van der Waals surface area contributed by atoms with Crippen LogP contribution in [0.2, 0.25) is 5.02 Å². The monoisotopic (exact) mass is 228 g/mol. The summed E-state index contributed by atoms with van der Waals surface area (Å²) in [5.41, 5.74) is 3.66. The lowest BCUT2D eigenvalue weighted by Crippen LogP contribution is -2.20. The molecule has 3 N–H and O–H groups in total. The van der Waals surface area contributed by atoms with Gasteiger partial charge in [-0.1, -0.05) is 31.0 Å². The topological polar surface area (TPSA) is 47.3 Å². The van der Waals surface area contributed by atoms with Crippen molar-refractivity contribution in [1.82, 2.24) is 5.43 Å². The van der Waals surface area contributed by atoms with Crippen LogP contribution in [0.3, 0.4) is 0 Å². The second-order valence-corrected chi connectivity index (χ2v) is 3.75. The zero-order valence-electron chi connectivity index (χ0n) is 8.92. The van der Waals surface area contributed by atoms with Crippen LogP contribution in [0.4, 0.5) is 0 Å². The van der Waals surface area contributed by atoms with Crippen LogP contribution in [0.1, 0.15) is 25.3 Å². The van der Waals surface area contributed by atoms with E-state index in [4.69, 9.17) is 22.2 Å². The molecule has 0 aliphatic heterocycles. The van der Waals surface area contributed by atoms with Gasteiger partial charge in [-0.2, -0.15) is 0 Å². The molecule has 0 spiro atoms. The highest BCUT2D eigenvalue weighted by Crippen LogP contribution is 2.25. The number of hydrazine groups is 1. The molecule has 0 atom stereocenters. The van der Waals surface area contributed by atoms with Crippen LogP contribution in [0.15, 0.2) is 18.2 Å². The summed E-state index contributed by atoms with van der Waals surface area (Å²) in [7, 11) is 0. The van der Waals surface area contributed by atoms with E-state index in [0.29, 0.717) is 18.2 Å². The number of hydrogen-bond acceptors (Lipinski definition) is 3. The third-order valence-corrected chi connectivity index (χ3v) is 2.37. The minimum Gasteiger partial charge on any atom is -0.492 e. The van der Waals surface area contributed by atoms with Crippen molar-refractivity contribution in [1.29, 1.82) is 0 Å². The summed E-state index contributed by atoms with van der Waals surface area (Å²) in [5, 5.41) is 0.645. The quantitative estimate of drug-likeness (QED) is 0.447. The van der Waals surface area contributed by atoms with Crippen LogP contribution >= 0.6 is 11.6 Å². The zero-order chi connectivity index (χ0) is 11.1. The van der Waals surface area contributed by atoms with Gasteiger partial charge in [0.2, 0.25) is 0 Å². The number of halogens is 1. The van der Waals surface area contributed by atoms with E-state index in [9.17, 15) is 0 Å². The smallest absolute Gasteiger partial charge is 0.138 e. The minimum absolute atomic E-state index is 0.612. The molecular weight excluding hydrogens is 212 g/mol. The highest BCUT2D eigenvalue weighted by Gasteiger charge is 2.02. The molecule has 0 bridgehead atoms. The average Bonchev–Trinajstić information content (AvgIpc) is 2.23. The van der Waals surface area contributed by atoms with Gasteiger partial charge in [0, 0.05) is 6.54 Å². The van der Waals surface area contributed by atoms with Crippen LogP contribution in [0.25, 0.3) is 0 Å². The minimum atomic E-state index is 0.612. The molecular formula is C11H17ClN2O.